The van der Waals surface area contributed by atoms with Crippen LogP contribution in [0.1, 0.15) is 33.5 Å². The first-order valence-corrected chi connectivity index (χ1v) is 7.71. The molecule has 0 spiro atoms. The van der Waals surface area contributed by atoms with Crippen LogP contribution in [0.15, 0.2) is 40.8 Å². The van der Waals surface area contributed by atoms with Crippen molar-refractivity contribution >= 4 is 17.3 Å². The molecule has 0 aliphatic carbocycles. The van der Waals surface area contributed by atoms with Crippen LogP contribution in [-0.2, 0) is 4.74 Å². The van der Waals surface area contributed by atoms with Gasteiger partial charge in [0, 0.05) is 10.4 Å². The summed E-state index contributed by atoms with van der Waals surface area (Å²) in [6.45, 7) is 3.57. The van der Waals surface area contributed by atoms with Crippen molar-refractivity contribution in [2.45, 2.75) is 20.0 Å². The molecular formula is C16H13FN2O3S. The zero-order valence-electron chi connectivity index (χ0n) is 12.4. The second kappa shape index (κ2) is 6.29. The third-order valence-electron chi connectivity index (χ3n) is 3.10. The summed E-state index contributed by atoms with van der Waals surface area (Å²) < 4.78 is 23.7. The van der Waals surface area contributed by atoms with Gasteiger partial charge in [0.05, 0.1) is 0 Å². The fourth-order valence-electron chi connectivity index (χ4n) is 1.92. The van der Waals surface area contributed by atoms with Crippen molar-refractivity contribution in [3.05, 3.63) is 57.9 Å². The van der Waals surface area contributed by atoms with E-state index in [0.717, 1.165) is 4.88 Å². The van der Waals surface area contributed by atoms with Crippen LogP contribution in [0.5, 0.6) is 0 Å². The number of aryl methyl sites for hydroxylation is 1. The number of esters is 1. The lowest BCUT2D eigenvalue weighted by Gasteiger charge is -2.07. The quantitative estimate of drug-likeness (QED) is 0.671. The van der Waals surface area contributed by atoms with Gasteiger partial charge in [-0.2, -0.15) is 0 Å². The molecule has 1 aromatic carbocycles. The Morgan fingerprint density at radius 1 is 1.22 bits per heavy atom. The van der Waals surface area contributed by atoms with Crippen molar-refractivity contribution in [3.8, 4) is 11.5 Å². The van der Waals surface area contributed by atoms with E-state index in [9.17, 15) is 9.18 Å². The van der Waals surface area contributed by atoms with Gasteiger partial charge in [0.15, 0.2) is 6.10 Å². The number of ether oxygens (including phenoxy) is 1. The van der Waals surface area contributed by atoms with Crippen LogP contribution < -0.4 is 0 Å². The van der Waals surface area contributed by atoms with E-state index in [4.69, 9.17) is 9.15 Å². The van der Waals surface area contributed by atoms with E-state index < -0.39 is 12.1 Å². The molecule has 0 saturated heterocycles. The maximum atomic E-state index is 12.9. The highest BCUT2D eigenvalue weighted by molar-refractivity contribution is 7.13. The largest absolute Gasteiger partial charge is 0.448 e. The summed E-state index contributed by atoms with van der Waals surface area (Å²) in [6.07, 6.45) is -0.674. The Balaban J connectivity index is 1.72. The lowest BCUT2D eigenvalue weighted by molar-refractivity contribution is 0.0285. The molecule has 0 bridgehead atoms. The fraction of sp³-hybridized carbons (Fsp3) is 0.188. The van der Waals surface area contributed by atoms with Crippen molar-refractivity contribution < 1.29 is 18.3 Å². The van der Waals surface area contributed by atoms with Crippen LogP contribution in [0.25, 0.3) is 11.5 Å². The molecule has 0 aliphatic heterocycles. The van der Waals surface area contributed by atoms with Gasteiger partial charge in [0.25, 0.3) is 5.89 Å². The van der Waals surface area contributed by atoms with E-state index in [-0.39, 0.29) is 17.6 Å². The highest BCUT2D eigenvalue weighted by atomic mass is 32.1. The van der Waals surface area contributed by atoms with Gasteiger partial charge in [-0.3, -0.25) is 0 Å². The van der Waals surface area contributed by atoms with Crippen LogP contribution >= 0.6 is 11.3 Å². The van der Waals surface area contributed by atoms with Crippen molar-refractivity contribution in [2.75, 3.05) is 0 Å². The minimum atomic E-state index is -0.674. The predicted octanol–water partition coefficient (Wildman–Crippen LogP) is 4.16. The Kier molecular flexibility index (Phi) is 4.20. The highest BCUT2D eigenvalue weighted by Gasteiger charge is 2.20. The Bertz CT molecular complexity index is 826. The minimum absolute atomic E-state index is 0.186. The van der Waals surface area contributed by atoms with Gasteiger partial charge < -0.3 is 9.15 Å². The summed E-state index contributed by atoms with van der Waals surface area (Å²) in [5.74, 6) is -0.347. The Hall–Kier alpha value is -2.54. The molecule has 1 atom stereocenters. The average molecular weight is 332 g/mol. The van der Waals surface area contributed by atoms with Gasteiger partial charge >= 0.3 is 5.97 Å². The summed E-state index contributed by atoms with van der Waals surface area (Å²) in [6, 6.07) is 9.26. The normalized spacial score (nSPS) is 12.1. The number of nitrogens with zero attached hydrogens (tertiary/aromatic N) is 2. The van der Waals surface area contributed by atoms with Gasteiger partial charge in [-0.25, -0.2) is 9.18 Å². The van der Waals surface area contributed by atoms with Crippen molar-refractivity contribution in [2.24, 2.45) is 0 Å². The Labute approximate surface area is 135 Å². The topological polar surface area (TPSA) is 65.2 Å². The Morgan fingerprint density at radius 3 is 2.61 bits per heavy atom. The number of benzene rings is 1. The van der Waals surface area contributed by atoms with Gasteiger partial charge in [0.1, 0.15) is 10.7 Å². The predicted molar refractivity (Wildman–Crippen MR) is 82.6 cm³/mol. The third kappa shape index (κ3) is 3.45. The molecule has 0 amide bonds. The standard InChI is InChI=1S/C16H13FN2O3S/c1-9-3-8-13(23-9)16(20)21-10(2)14-18-19-15(22-14)11-4-6-12(17)7-5-11/h3-8,10H,1-2H3/t10-/m0/s1. The number of hydrogen-bond acceptors (Lipinski definition) is 6. The first-order valence-electron chi connectivity index (χ1n) is 6.89. The zero-order chi connectivity index (χ0) is 16.4. The van der Waals surface area contributed by atoms with E-state index in [1.165, 1.54) is 35.6 Å². The van der Waals surface area contributed by atoms with Crippen molar-refractivity contribution in [1.29, 1.82) is 0 Å². The number of thiophene rings is 1. The van der Waals surface area contributed by atoms with Crippen LogP contribution in [0.3, 0.4) is 0 Å². The molecule has 3 aromatic rings. The highest BCUT2D eigenvalue weighted by Crippen LogP contribution is 2.24. The number of aromatic nitrogens is 2. The fourth-order valence-corrected chi connectivity index (χ4v) is 2.67. The molecule has 7 heteroatoms. The number of carbonyl (C=O) groups excluding carboxylic acids is 1. The van der Waals surface area contributed by atoms with E-state index in [0.29, 0.717) is 10.4 Å². The second-order valence-corrected chi connectivity index (χ2v) is 6.20. The molecule has 0 saturated carbocycles. The van der Waals surface area contributed by atoms with E-state index >= 15 is 0 Å². The van der Waals surface area contributed by atoms with Crippen LogP contribution in [0.4, 0.5) is 4.39 Å². The van der Waals surface area contributed by atoms with Crippen LogP contribution in [0.2, 0.25) is 0 Å². The summed E-state index contributed by atoms with van der Waals surface area (Å²) in [7, 11) is 0. The molecule has 118 valence electrons. The molecule has 0 aliphatic rings. The molecule has 0 N–H and O–H groups in total. The number of carbonyl (C=O) groups is 1. The SMILES string of the molecule is Cc1ccc(C(=O)O[C@@H](C)c2nnc(-c3ccc(F)cc3)o2)s1. The lowest BCUT2D eigenvalue weighted by Crippen LogP contribution is -2.08. The molecule has 0 fully saturated rings. The zero-order valence-corrected chi connectivity index (χ0v) is 13.3. The molecular weight excluding hydrogens is 319 g/mol. The van der Waals surface area contributed by atoms with Crippen LogP contribution in [-0.4, -0.2) is 16.2 Å². The lowest BCUT2D eigenvalue weighted by atomic mass is 10.2. The molecule has 0 unspecified atom stereocenters. The number of rotatable bonds is 4. The third-order valence-corrected chi connectivity index (χ3v) is 4.09. The summed E-state index contributed by atoms with van der Waals surface area (Å²) >= 11 is 1.36. The molecule has 5 nitrogen and oxygen atoms in total. The molecule has 2 aromatic heterocycles. The molecule has 2 heterocycles. The first-order chi connectivity index (χ1) is 11.0. The maximum absolute atomic E-state index is 12.9. The van der Waals surface area contributed by atoms with Crippen molar-refractivity contribution in [3.63, 3.8) is 0 Å². The minimum Gasteiger partial charge on any atom is -0.448 e. The molecule has 23 heavy (non-hydrogen) atoms. The van der Waals surface area contributed by atoms with Crippen molar-refractivity contribution in [1.82, 2.24) is 10.2 Å². The van der Waals surface area contributed by atoms with Gasteiger partial charge in [-0.15, -0.1) is 21.5 Å². The summed E-state index contributed by atoms with van der Waals surface area (Å²) in [5, 5.41) is 7.78. The second-order valence-electron chi connectivity index (χ2n) is 4.91. The number of halogens is 1. The molecule has 0 radical (unpaired) electrons. The van der Waals surface area contributed by atoms with E-state index in [2.05, 4.69) is 10.2 Å². The average Bonchev–Trinajstić information content (AvgIpc) is 3.17. The first kappa shape index (κ1) is 15.4. The van der Waals surface area contributed by atoms with E-state index in [1.54, 1.807) is 13.0 Å². The monoisotopic (exact) mass is 332 g/mol. The summed E-state index contributed by atoms with van der Waals surface area (Å²) in [5.41, 5.74) is 0.595. The maximum Gasteiger partial charge on any atom is 0.349 e. The van der Waals surface area contributed by atoms with Gasteiger partial charge in [-0.1, -0.05) is 0 Å². The van der Waals surface area contributed by atoms with Gasteiger partial charge in [0.2, 0.25) is 5.89 Å². The van der Waals surface area contributed by atoms with Gasteiger partial charge in [-0.05, 0) is 50.2 Å². The Morgan fingerprint density at radius 2 is 1.96 bits per heavy atom. The molecule has 3 rings (SSSR count). The smallest absolute Gasteiger partial charge is 0.349 e. The number of hydrogen-bond donors (Lipinski definition) is 0. The summed E-state index contributed by atoms with van der Waals surface area (Å²) in [4.78, 5) is 13.6. The van der Waals surface area contributed by atoms with E-state index in [1.807, 2.05) is 13.0 Å². The van der Waals surface area contributed by atoms with Crippen LogP contribution in [0, 0.1) is 12.7 Å².